The highest BCUT2D eigenvalue weighted by molar-refractivity contribution is 5.02. The summed E-state index contributed by atoms with van der Waals surface area (Å²) in [5.74, 6) is 3.87. The van der Waals surface area contributed by atoms with Crippen LogP contribution in [0.3, 0.4) is 0 Å². The second-order valence-corrected chi connectivity index (χ2v) is 8.52. The fourth-order valence-corrected chi connectivity index (χ4v) is 6.55. The van der Waals surface area contributed by atoms with Crippen molar-refractivity contribution < 1.29 is 0 Å². The molecule has 5 fully saturated rings. The zero-order valence-electron chi connectivity index (χ0n) is 12.7. The molecule has 2 heteroatoms. The summed E-state index contributed by atoms with van der Waals surface area (Å²) in [6.07, 6.45) is 12.6. The zero-order chi connectivity index (χ0) is 13.6. The molecule has 2 nitrogen and oxygen atoms in total. The van der Waals surface area contributed by atoms with Crippen LogP contribution in [-0.2, 0) is 0 Å². The number of likely N-dealkylation sites (tertiary alicyclic amines) is 1. The highest BCUT2D eigenvalue weighted by Gasteiger charge is 2.51. The molecule has 1 aliphatic heterocycles. The van der Waals surface area contributed by atoms with Crippen molar-refractivity contribution in [2.45, 2.75) is 57.8 Å². The lowest BCUT2D eigenvalue weighted by atomic mass is 9.49. The quantitative estimate of drug-likeness (QED) is 0.780. The fraction of sp³-hybridized carbons (Fsp3) is 0.944. The summed E-state index contributed by atoms with van der Waals surface area (Å²) in [4.78, 5) is 2.73. The van der Waals surface area contributed by atoms with Gasteiger partial charge in [-0.05, 0) is 87.0 Å². The topological polar surface area (TPSA) is 27.0 Å². The summed E-state index contributed by atoms with van der Waals surface area (Å²) in [6.45, 7) is 3.86. The molecule has 5 rings (SSSR count). The largest absolute Gasteiger partial charge is 0.302 e. The Hall–Kier alpha value is -0.550. The second kappa shape index (κ2) is 5.02. The van der Waals surface area contributed by atoms with Gasteiger partial charge in [-0.1, -0.05) is 0 Å². The molecule has 1 saturated heterocycles. The molecular weight excluding hydrogens is 244 g/mol. The van der Waals surface area contributed by atoms with Crippen LogP contribution in [0.4, 0.5) is 0 Å². The lowest BCUT2D eigenvalue weighted by Crippen LogP contribution is -2.52. The lowest BCUT2D eigenvalue weighted by molar-refractivity contribution is -0.0732. The molecule has 110 valence electrons. The van der Waals surface area contributed by atoms with Gasteiger partial charge in [-0.3, -0.25) is 0 Å². The van der Waals surface area contributed by atoms with Crippen LogP contribution in [0.5, 0.6) is 0 Å². The van der Waals surface area contributed by atoms with Gasteiger partial charge < -0.3 is 4.90 Å². The van der Waals surface area contributed by atoms with E-state index in [0.29, 0.717) is 11.3 Å². The Bertz CT molecular complexity index is 373. The Balaban J connectivity index is 1.42. The molecule has 0 aromatic carbocycles. The highest BCUT2D eigenvalue weighted by atomic mass is 15.1. The minimum atomic E-state index is 0.655. The first kappa shape index (κ1) is 13.1. The van der Waals surface area contributed by atoms with E-state index >= 15 is 0 Å². The van der Waals surface area contributed by atoms with Crippen molar-refractivity contribution in [1.29, 1.82) is 5.26 Å². The van der Waals surface area contributed by atoms with Gasteiger partial charge in [-0.15, -0.1) is 0 Å². The number of rotatable bonds is 3. The van der Waals surface area contributed by atoms with E-state index in [0.717, 1.165) is 24.2 Å². The van der Waals surface area contributed by atoms with Crippen LogP contribution >= 0.6 is 0 Å². The van der Waals surface area contributed by atoms with Gasteiger partial charge in [0.15, 0.2) is 0 Å². The molecule has 20 heavy (non-hydrogen) atoms. The van der Waals surface area contributed by atoms with E-state index in [1.807, 2.05) is 0 Å². The van der Waals surface area contributed by atoms with E-state index in [-0.39, 0.29) is 0 Å². The molecule has 1 heterocycles. The number of nitrogens with zero attached hydrogens (tertiary/aromatic N) is 2. The first-order chi connectivity index (χ1) is 9.75. The van der Waals surface area contributed by atoms with Gasteiger partial charge in [0.1, 0.15) is 0 Å². The van der Waals surface area contributed by atoms with Crippen LogP contribution in [0.25, 0.3) is 0 Å². The van der Waals surface area contributed by atoms with Crippen molar-refractivity contribution in [2.24, 2.45) is 29.1 Å². The second-order valence-electron chi connectivity index (χ2n) is 8.52. The van der Waals surface area contributed by atoms with E-state index < -0.39 is 0 Å². The summed E-state index contributed by atoms with van der Waals surface area (Å²) < 4.78 is 0. The maximum atomic E-state index is 8.94. The van der Waals surface area contributed by atoms with E-state index in [4.69, 9.17) is 5.26 Å². The zero-order valence-corrected chi connectivity index (χ0v) is 12.7. The van der Waals surface area contributed by atoms with Gasteiger partial charge >= 0.3 is 0 Å². The predicted molar refractivity (Wildman–Crippen MR) is 80.0 cm³/mol. The Labute approximate surface area is 123 Å². The Morgan fingerprint density at radius 1 is 1.05 bits per heavy atom. The van der Waals surface area contributed by atoms with Gasteiger partial charge in [-0.25, -0.2) is 0 Å². The summed E-state index contributed by atoms with van der Waals surface area (Å²) in [7, 11) is 0. The monoisotopic (exact) mass is 272 g/mol. The minimum absolute atomic E-state index is 0.655. The van der Waals surface area contributed by atoms with Gasteiger partial charge in [0, 0.05) is 19.5 Å². The van der Waals surface area contributed by atoms with Crippen LogP contribution in [-0.4, -0.2) is 24.5 Å². The van der Waals surface area contributed by atoms with Crippen molar-refractivity contribution in [3.8, 4) is 6.07 Å². The van der Waals surface area contributed by atoms with E-state index in [9.17, 15) is 0 Å². The van der Waals surface area contributed by atoms with Crippen LogP contribution in [0.2, 0.25) is 0 Å². The molecule has 0 aromatic rings. The fourth-order valence-electron chi connectivity index (χ4n) is 6.55. The molecule has 4 aliphatic carbocycles. The molecule has 1 atom stereocenters. The molecule has 1 unspecified atom stereocenters. The van der Waals surface area contributed by atoms with Crippen molar-refractivity contribution in [2.75, 3.05) is 19.6 Å². The maximum absolute atomic E-state index is 8.94. The summed E-state index contributed by atoms with van der Waals surface area (Å²) in [5.41, 5.74) is 0.684. The molecule has 4 saturated carbocycles. The van der Waals surface area contributed by atoms with Gasteiger partial charge in [0.05, 0.1) is 6.07 Å². The molecule has 0 spiro atoms. The molecule has 5 aliphatic rings. The predicted octanol–water partition coefficient (Wildman–Crippen LogP) is 3.83. The van der Waals surface area contributed by atoms with Crippen LogP contribution in [0.1, 0.15) is 57.8 Å². The number of hydrogen-bond donors (Lipinski definition) is 0. The molecular formula is C18H28N2. The molecule has 0 radical (unpaired) electrons. The third-order valence-corrected chi connectivity index (χ3v) is 6.71. The molecule has 4 bridgehead atoms. The third-order valence-electron chi connectivity index (χ3n) is 6.71. The van der Waals surface area contributed by atoms with Crippen LogP contribution in [0, 0.1) is 40.4 Å². The number of hydrogen-bond acceptors (Lipinski definition) is 2. The Kier molecular flexibility index (Phi) is 3.30. The van der Waals surface area contributed by atoms with Crippen LogP contribution < -0.4 is 0 Å². The highest BCUT2D eigenvalue weighted by Crippen LogP contribution is 2.60. The average Bonchev–Trinajstić information content (AvgIpc) is 2.37. The van der Waals surface area contributed by atoms with E-state index in [1.54, 1.807) is 19.3 Å². The van der Waals surface area contributed by atoms with Crippen molar-refractivity contribution in [3.05, 3.63) is 0 Å². The summed E-state index contributed by atoms with van der Waals surface area (Å²) >= 11 is 0. The maximum Gasteiger partial charge on any atom is 0.0625 e. The average molecular weight is 272 g/mol. The minimum Gasteiger partial charge on any atom is -0.302 e. The van der Waals surface area contributed by atoms with E-state index in [2.05, 4.69) is 11.0 Å². The molecule has 0 amide bonds. The Morgan fingerprint density at radius 3 is 2.30 bits per heavy atom. The molecule has 0 aromatic heterocycles. The standard InChI is InChI=1S/C18H28N2/c19-4-3-14-2-1-5-20(12-14)13-18-9-15-6-16(10-18)8-17(7-15)11-18/h14-17H,1-3,5-13H2. The summed E-state index contributed by atoms with van der Waals surface area (Å²) in [6, 6.07) is 2.39. The van der Waals surface area contributed by atoms with Gasteiger partial charge in [-0.2, -0.15) is 5.26 Å². The van der Waals surface area contributed by atoms with Crippen molar-refractivity contribution in [3.63, 3.8) is 0 Å². The lowest BCUT2D eigenvalue weighted by Gasteiger charge is -2.58. The van der Waals surface area contributed by atoms with Gasteiger partial charge in [0.25, 0.3) is 0 Å². The number of piperidine rings is 1. The molecule has 0 N–H and O–H groups in total. The van der Waals surface area contributed by atoms with Gasteiger partial charge in [0.2, 0.25) is 0 Å². The first-order valence-electron chi connectivity index (χ1n) is 8.84. The summed E-state index contributed by atoms with van der Waals surface area (Å²) in [5, 5.41) is 8.94. The number of nitriles is 1. The van der Waals surface area contributed by atoms with Crippen LogP contribution in [0.15, 0.2) is 0 Å². The van der Waals surface area contributed by atoms with Crippen molar-refractivity contribution >= 4 is 0 Å². The Morgan fingerprint density at radius 2 is 1.70 bits per heavy atom. The SMILES string of the molecule is N#CCC1CCCN(CC23CC4CC(CC(C4)C2)C3)C1. The normalized spacial score (nSPS) is 47.4. The van der Waals surface area contributed by atoms with E-state index in [1.165, 1.54) is 51.7 Å². The smallest absolute Gasteiger partial charge is 0.0625 e. The first-order valence-corrected chi connectivity index (χ1v) is 8.84. The third kappa shape index (κ3) is 2.39. The van der Waals surface area contributed by atoms with Crippen molar-refractivity contribution in [1.82, 2.24) is 4.90 Å².